The number of phenolic OH excluding ortho intramolecular Hbond substituents is 1. The van der Waals surface area contributed by atoms with Crippen molar-refractivity contribution in [2.75, 3.05) is 26.4 Å². The summed E-state index contributed by atoms with van der Waals surface area (Å²) in [6, 6.07) is 10.6. The van der Waals surface area contributed by atoms with Crippen molar-refractivity contribution in [3.8, 4) is 28.5 Å². The van der Waals surface area contributed by atoms with Gasteiger partial charge >= 0.3 is 0 Å². The van der Waals surface area contributed by atoms with Crippen molar-refractivity contribution in [1.82, 2.24) is 15.1 Å². The van der Waals surface area contributed by atoms with Gasteiger partial charge in [-0.15, -0.1) is 0 Å². The number of aromatic nitrogens is 2. The molecule has 1 aliphatic heterocycles. The highest BCUT2D eigenvalue weighted by Gasteiger charge is 2.42. The Balaban J connectivity index is 1.86. The third kappa shape index (κ3) is 4.33. The van der Waals surface area contributed by atoms with Gasteiger partial charge in [0.1, 0.15) is 17.1 Å². The van der Waals surface area contributed by atoms with Gasteiger partial charge in [-0.1, -0.05) is 24.6 Å². The summed E-state index contributed by atoms with van der Waals surface area (Å²) in [5, 5.41) is 27.3. The molecule has 0 saturated carbocycles. The number of phenols is 1. The Kier molecular flexibility index (Phi) is 7.07. The van der Waals surface area contributed by atoms with Crippen LogP contribution in [-0.4, -0.2) is 57.6 Å². The highest BCUT2D eigenvalue weighted by Crippen LogP contribution is 2.46. The lowest BCUT2D eigenvalue weighted by atomic mass is 9.94. The van der Waals surface area contributed by atoms with Crippen LogP contribution in [0, 0.1) is 6.92 Å². The van der Waals surface area contributed by atoms with Gasteiger partial charge in [0.25, 0.3) is 5.91 Å². The molecule has 3 aromatic rings. The smallest absolute Gasteiger partial charge is 0.273 e. The minimum atomic E-state index is -0.456. The zero-order valence-corrected chi connectivity index (χ0v) is 19.8. The molecule has 1 amide bonds. The molecule has 1 atom stereocenters. The SMILES string of the molecule is CCCOc1ccc(C2c3c(-c4cc(C)ccc4O)n[nH]c3C(=O)N2CCCO)cc1OCC. The number of amides is 1. The molecule has 34 heavy (non-hydrogen) atoms. The molecule has 180 valence electrons. The van der Waals surface area contributed by atoms with Gasteiger partial charge in [0, 0.05) is 24.3 Å². The number of ether oxygens (including phenoxy) is 2. The molecule has 0 radical (unpaired) electrons. The van der Waals surface area contributed by atoms with E-state index in [1.165, 1.54) is 0 Å². The summed E-state index contributed by atoms with van der Waals surface area (Å²) in [4.78, 5) is 15.1. The molecule has 3 N–H and O–H groups in total. The van der Waals surface area contributed by atoms with Crippen LogP contribution < -0.4 is 9.47 Å². The van der Waals surface area contributed by atoms with E-state index in [1.807, 2.05) is 51.1 Å². The first-order valence-corrected chi connectivity index (χ1v) is 11.7. The van der Waals surface area contributed by atoms with E-state index in [0.29, 0.717) is 60.2 Å². The molecule has 2 aromatic carbocycles. The summed E-state index contributed by atoms with van der Waals surface area (Å²) in [6.07, 6.45) is 1.32. The molecule has 0 aliphatic carbocycles. The number of aliphatic hydroxyl groups excluding tert-OH is 1. The third-order valence-corrected chi connectivity index (χ3v) is 5.87. The Morgan fingerprint density at radius 3 is 2.68 bits per heavy atom. The van der Waals surface area contributed by atoms with Crippen LogP contribution in [0.1, 0.15) is 59.9 Å². The first kappa shape index (κ1) is 23.6. The maximum atomic E-state index is 13.4. The van der Waals surface area contributed by atoms with E-state index in [4.69, 9.17) is 9.47 Å². The zero-order valence-electron chi connectivity index (χ0n) is 19.8. The second-order valence-electron chi connectivity index (χ2n) is 8.35. The Bertz CT molecular complexity index is 1170. The van der Waals surface area contributed by atoms with E-state index in [2.05, 4.69) is 10.2 Å². The predicted octanol–water partition coefficient (Wildman–Crippen LogP) is 4.21. The van der Waals surface area contributed by atoms with Crippen molar-refractivity contribution in [3.63, 3.8) is 0 Å². The molecule has 1 aliphatic rings. The molecule has 1 unspecified atom stereocenters. The predicted molar refractivity (Wildman–Crippen MR) is 128 cm³/mol. The molecular formula is C26H31N3O5. The van der Waals surface area contributed by atoms with Crippen molar-refractivity contribution < 1.29 is 24.5 Å². The maximum absolute atomic E-state index is 13.4. The Morgan fingerprint density at radius 1 is 1.12 bits per heavy atom. The van der Waals surface area contributed by atoms with E-state index in [9.17, 15) is 15.0 Å². The molecule has 0 spiro atoms. The van der Waals surface area contributed by atoms with Gasteiger partial charge in [0.05, 0.1) is 19.3 Å². The van der Waals surface area contributed by atoms with Crippen molar-refractivity contribution in [2.24, 2.45) is 0 Å². The molecule has 0 fully saturated rings. The van der Waals surface area contributed by atoms with Crippen LogP contribution in [0.15, 0.2) is 36.4 Å². The Hall–Kier alpha value is -3.52. The van der Waals surface area contributed by atoms with E-state index in [1.54, 1.807) is 11.0 Å². The van der Waals surface area contributed by atoms with E-state index in [-0.39, 0.29) is 18.3 Å². The Labute approximate surface area is 199 Å². The topological polar surface area (TPSA) is 108 Å². The number of H-pyrrole nitrogens is 1. The highest BCUT2D eigenvalue weighted by molar-refractivity contribution is 6.00. The minimum absolute atomic E-state index is 0.0256. The molecule has 1 aromatic heterocycles. The van der Waals surface area contributed by atoms with Crippen LogP contribution in [0.25, 0.3) is 11.3 Å². The number of hydrogen-bond donors (Lipinski definition) is 3. The second-order valence-corrected chi connectivity index (χ2v) is 8.35. The first-order valence-electron chi connectivity index (χ1n) is 11.7. The van der Waals surface area contributed by atoms with Crippen LogP contribution in [0.3, 0.4) is 0 Å². The van der Waals surface area contributed by atoms with Crippen LogP contribution >= 0.6 is 0 Å². The lowest BCUT2D eigenvalue weighted by molar-refractivity contribution is 0.0732. The summed E-state index contributed by atoms with van der Waals surface area (Å²) < 4.78 is 11.7. The van der Waals surface area contributed by atoms with E-state index in [0.717, 1.165) is 17.5 Å². The number of benzene rings is 2. The minimum Gasteiger partial charge on any atom is -0.507 e. The summed E-state index contributed by atoms with van der Waals surface area (Å²) in [7, 11) is 0. The average Bonchev–Trinajstić information content (AvgIpc) is 3.37. The monoisotopic (exact) mass is 465 g/mol. The number of rotatable bonds is 10. The van der Waals surface area contributed by atoms with Crippen molar-refractivity contribution >= 4 is 5.91 Å². The number of aliphatic hydroxyl groups is 1. The number of aromatic hydroxyl groups is 1. The molecule has 8 heteroatoms. The molecule has 0 bridgehead atoms. The number of aryl methyl sites for hydroxylation is 1. The van der Waals surface area contributed by atoms with E-state index < -0.39 is 6.04 Å². The number of carbonyl (C=O) groups excluding carboxylic acids is 1. The standard InChI is InChI=1S/C26H31N3O5/c1-4-13-34-20-10-8-17(15-21(20)33-5-2)25-22-23(18-14-16(3)7-9-19(18)31)27-28-24(22)26(32)29(25)11-6-12-30/h7-10,14-15,25,30-31H,4-6,11-13H2,1-3H3,(H,27,28). The van der Waals surface area contributed by atoms with Crippen molar-refractivity contribution in [2.45, 2.75) is 39.7 Å². The molecule has 0 saturated heterocycles. The van der Waals surface area contributed by atoms with Crippen LogP contribution in [0.2, 0.25) is 0 Å². The normalized spacial score (nSPS) is 15.0. The van der Waals surface area contributed by atoms with Crippen molar-refractivity contribution in [1.29, 1.82) is 0 Å². The fourth-order valence-corrected chi connectivity index (χ4v) is 4.35. The third-order valence-electron chi connectivity index (χ3n) is 5.87. The van der Waals surface area contributed by atoms with Gasteiger partial charge in [-0.05, 0) is 56.5 Å². The maximum Gasteiger partial charge on any atom is 0.273 e. The number of nitrogens with zero attached hydrogens (tertiary/aromatic N) is 2. The van der Waals surface area contributed by atoms with Gasteiger partial charge in [0.15, 0.2) is 11.5 Å². The zero-order chi connectivity index (χ0) is 24.2. The first-order chi connectivity index (χ1) is 16.5. The number of hydrogen-bond acceptors (Lipinski definition) is 6. The molecule has 8 nitrogen and oxygen atoms in total. The fourth-order valence-electron chi connectivity index (χ4n) is 4.35. The van der Waals surface area contributed by atoms with Crippen LogP contribution in [0.4, 0.5) is 0 Å². The molecule has 4 rings (SSSR count). The van der Waals surface area contributed by atoms with Crippen molar-refractivity contribution in [3.05, 3.63) is 58.8 Å². The van der Waals surface area contributed by atoms with Gasteiger partial charge in [0.2, 0.25) is 0 Å². The summed E-state index contributed by atoms with van der Waals surface area (Å²) in [5.74, 6) is 1.17. The highest BCUT2D eigenvalue weighted by atomic mass is 16.5. The number of carbonyl (C=O) groups is 1. The summed E-state index contributed by atoms with van der Waals surface area (Å²) in [6.45, 7) is 7.30. The number of fused-ring (bicyclic) bond motifs is 1. The lowest BCUT2D eigenvalue weighted by Gasteiger charge is -2.27. The quantitative estimate of drug-likeness (QED) is 0.414. The van der Waals surface area contributed by atoms with Gasteiger partial charge in [-0.3, -0.25) is 9.89 Å². The molecule has 2 heterocycles. The van der Waals surface area contributed by atoms with E-state index >= 15 is 0 Å². The van der Waals surface area contributed by atoms with Gasteiger partial charge in [-0.2, -0.15) is 5.10 Å². The van der Waals surface area contributed by atoms with Gasteiger partial charge in [-0.25, -0.2) is 0 Å². The summed E-state index contributed by atoms with van der Waals surface area (Å²) in [5.41, 5.74) is 4.00. The summed E-state index contributed by atoms with van der Waals surface area (Å²) >= 11 is 0. The lowest BCUT2D eigenvalue weighted by Crippen LogP contribution is -2.31. The van der Waals surface area contributed by atoms with Crippen LogP contribution in [-0.2, 0) is 0 Å². The second kappa shape index (κ2) is 10.2. The largest absolute Gasteiger partial charge is 0.507 e. The van der Waals surface area contributed by atoms with Crippen LogP contribution in [0.5, 0.6) is 17.2 Å². The Morgan fingerprint density at radius 2 is 1.94 bits per heavy atom. The fraction of sp³-hybridized carbons (Fsp3) is 0.385. The number of nitrogens with one attached hydrogen (secondary N) is 1. The number of aromatic amines is 1. The molecular weight excluding hydrogens is 434 g/mol. The average molecular weight is 466 g/mol. The van der Waals surface area contributed by atoms with Gasteiger partial charge < -0.3 is 24.6 Å².